The smallest absolute Gasteiger partial charge is 0.267 e. The highest BCUT2D eigenvalue weighted by atomic mass is 32.1. The normalized spacial score (nSPS) is 28.8. The van der Waals surface area contributed by atoms with Gasteiger partial charge in [-0.3, -0.25) is 4.79 Å². The van der Waals surface area contributed by atoms with Crippen molar-refractivity contribution in [1.29, 1.82) is 0 Å². The number of likely N-dealkylation sites (tertiary alicyclic amines) is 1. The van der Waals surface area contributed by atoms with E-state index in [9.17, 15) is 9.90 Å². The van der Waals surface area contributed by atoms with Crippen LogP contribution in [0.1, 0.15) is 40.7 Å². The van der Waals surface area contributed by atoms with Gasteiger partial charge in [0.05, 0.1) is 12.7 Å². The van der Waals surface area contributed by atoms with Crippen LogP contribution in [0.4, 0.5) is 0 Å². The molecule has 2 saturated heterocycles. The molecule has 1 aromatic rings. The van der Waals surface area contributed by atoms with Gasteiger partial charge < -0.3 is 19.5 Å². The number of ether oxygens (including phenoxy) is 2. The summed E-state index contributed by atoms with van der Waals surface area (Å²) < 4.78 is 10.8. The van der Waals surface area contributed by atoms with Crippen LogP contribution in [0.5, 0.6) is 5.75 Å². The van der Waals surface area contributed by atoms with Gasteiger partial charge in [-0.15, -0.1) is 11.3 Å². The molecule has 0 saturated carbocycles. The predicted molar refractivity (Wildman–Crippen MR) is 93.8 cm³/mol. The molecule has 0 bridgehead atoms. The van der Waals surface area contributed by atoms with Crippen molar-refractivity contribution in [3.63, 3.8) is 0 Å². The number of carbonyl (C=O) groups excluding carboxylic acids is 1. The highest BCUT2D eigenvalue weighted by molar-refractivity contribution is 7.14. The van der Waals surface area contributed by atoms with Gasteiger partial charge in [-0.25, -0.2) is 0 Å². The van der Waals surface area contributed by atoms with Crippen LogP contribution in [0.15, 0.2) is 6.07 Å². The van der Waals surface area contributed by atoms with Gasteiger partial charge in [-0.1, -0.05) is 6.92 Å². The van der Waals surface area contributed by atoms with E-state index in [1.165, 1.54) is 11.3 Å². The Morgan fingerprint density at radius 2 is 2.17 bits per heavy atom. The van der Waals surface area contributed by atoms with Crippen LogP contribution in [-0.4, -0.2) is 54.9 Å². The maximum Gasteiger partial charge on any atom is 0.267 e. The van der Waals surface area contributed by atoms with Crippen LogP contribution < -0.4 is 4.74 Å². The molecule has 1 aromatic heterocycles. The lowest BCUT2D eigenvalue weighted by atomic mass is 9.70. The zero-order chi connectivity index (χ0) is 17.3. The van der Waals surface area contributed by atoms with Crippen molar-refractivity contribution >= 4 is 17.2 Å². The lowest BCUT2D eigenvalue weighted by molar-refractivity contribution is -0.125. The number of methoxy groups -OCH3 is 1. The molecule has 5 nitrogen and oxygen atoms in total. The van der Waals surface area contributed by atoms with E-state index in [1.54, 1.807) is 7.11 Å². The number of thiophene rings is 1. The number of amides is 1. The molecule has 2 aliphatic heterocycles. The summed E-state index contributed by atoms with van der Waals surface area (Å²) in [5.41, 5.74) is -0.685. The first-order chi connectivity index (χ1) is 11.5. The minimum atomic E-state index is -0.685. The van der Waals surface area contributed by atoms with Crippen molar-refractivity contribution in [2.75, 3.05) is 33.4 Å². The van der Waals surface area contributed by atoms with Gasteiger partial charge in [0.2, 0.25) is 0 Å². The van der Waals surface area contributed by atoms with Crippen LogP contribution in [-0.2, 0) is 4.74 Å². The maximum absolute atomic E-state index is 12.9. The molecule has 134 valence electrons. The number of aliphatic hydroxyl groups is 1. The zero-order valence-electron chi connectivity index (χ0n) is 14.7. The number of hydrogen-bond acceptors (Lipinski definition) is 5. The molecule has 3 rings (SSSR count). The van der Waals surface area contributed by atoms with E-state index in [0.29, 0.717) is 30.1 Å². The third-order valence-electron chi connectivity index (χ3n) is 5.58. The summed E-state index contributed by atoms with van der Waals surface area (Å²) in [6, 6.07) is 1.91. The SMILES string of the molecule is COc1cc(C)sc1C(=O)N1CC[C@@](O)(C2CCOCC2)[C@H](C)C1. The van der Waals surface area contributed by atoms with Crippen molar-refractivity contribution in [3.05, 3.63) is 15.8 Å². The van der Waals surface area contributed by atoms with Crippen LogP contribution >= 0.6 is 11.3 Å². The molecule has 2 fully saturated rings. The summed E-state index contributed by atoms with van der Waals surface area (Å²) >= 11 is 1.47. The van der Waals surface area contributed by atoms with Crippen LogP contribution in [0, 0.1) is 18.8 Å². The van der Waals surface area contributed by atoms with E-state index >= 15 is 0 Å². The van der Waals surface area contributed by atoms with Crippen molar-refractivity contribution in [2.24, 2.45) is 11.8 Å². The summed E-state index contributed by atoms with van der Waals surface area (Å²) in [4.78, 5) is 16.5. The van der Waals surface area contributed by atoms with Gasteiger partial charge in [0.25, 0.3) is 5.91 Å². The molecule has 1 N–H and O–H groups in total. The van der Waals surface area contributed by atoms with Crippen molar-refractivity contribution in [1.82, 2.24) is 4.90 Å². The molecule has 0 aliphatic carbocycles. The molecular formula is C18H27NO4S. The first-order valence-corrected chi connectivity index (χ1v) is 9.51. The second-order valence-electron chi connectivity index (χ2n) is 7.03. The minimum Gasteiger partial charge on any atom is -0.495 e. The zero-order valence-corrected chi connectivity index (χ0v) is 15.5. The average Bonchev–Trinajstić information content (AvgIpc) is 2.98. The van der Waals surface area contributed by atoms with E-state index in [4.69, 9.17) is 9.47 Å². The molecule has 0 aromatic carbocycles. The largest absolute Gasteiger partial charge is 0.495 e. The van der Waals surface area contributed by atoms with Gasteiger partial charge >= 0.3 is 0 Å². The number of hydrogen-bond donors (Lipinski definition) is 1. The second-order valence-corrected chi connectivity index (χ2v) is 8.29. The fraction of sp³-hybridized carbons (Fsp3) is 0.722. The van der Waals surface area contributed by atoms with E-state index in [1.807, 2.05) is 17.9 Å². The number of piperidine rings is 1. The summed E-state index contributed by atoms with van der Waals surface area (Å²) in [7, 11) is 1.60. The Hall–Kier alpha value is -1.11. The van der Waals surface area contributed by atoms with Crippen LogP contribution in [0.3, 0.4) is 0 Å². The predicted octanol–water partition coefficient (Wildman–Crippen LogP) is 2.70. The molecule has 6 heteroatoms. The molecule has 3 heterocycles. The molecule has 24 heavy (non-hydrogen) atoms. The third-order valence-corrected chi connectivity index (χ3v) is 6.60. The Balaban J connectivity index is 1.71. The van der Waals surface area contributed by atoms with Crippen molar-refractivity contribution in [2.45, 2.75) is 38.7 Å². The lowest BCUT2D eigenvalue weighted by Crippen LogP contribution is -2.56. The van der Waals surface area contributed by atoms with Gasteiger partial charge in [0.15, 0.2) is 0 Å². The van der Waals surface area contributed by atoms with E-state index < -0.39 is 5.60 Å². The molecule has 2 atom stereocenters. The fourth-order valence-electron chi connectivity index (χ4n) is 4.06. The molecule has 1 amide bonds. The van der Waals surface area contributed by atoms with Gasteiger partial charge in [0.1, 0.15) is 10.6 Å². The van der Waals surface area contributed by atoms with E-state index in [2.05, 4.69) is 6.92 Å². The summed E-state index contributed by atoms with van der Waals surface area (Å²) in [6.45, 7) is 6.68. The number of nitrogens with zero attached hydrogens (tertiary/aromatic N) is 1. The van der Waals surface area contributed by atoms with Crippen LogP contribution in [0.25, 0.3) is 0 Å². The number of carbonyl (C=O) groups is 1. The Bertz CT molecular complexity index is 596. The Morgan fingerprint density at radius 1 is 1.46 bits per heavy atom. The maximum atomic E-state index is 12.9. The average molecular weight is 353 g/mol. The standard InChI is InChI=1S/C18H27NO4S/c1-12-11-19(17(20)16-15(22-3)10-13(2)24-16)7-6-18(12,21)14-4-8-23-9-5-14/h10,12,14,21H,4-9,11H2,1-3H3/t12-,18+/m1/s1. The van der Waals surface area contributed by atoms with Gasteiger partial charge in [-0.2, -0.15) is 0 Å². The van der Waals surface area contributed by atoms with E-state index in [0.717, 1.165) is 30.9 Å². The summed E-state index contributed by atoms with van der Waals surface area (Å²) in [5.74, 6) is 1.01. The fourth-order valence-corrected chi connectivity index (χ4v) is 5.01. The number of aryl methyl sites for hydroxylation is 1. The van der Waals surface area contributed by atoms with Crippen LogP contribution in [0.2, 0.25) is 0 Å². The van der Waals surface area contributed by atoms with E-state index in [-0.39, 0.29) is 17.7 Å². The monoisotopic (exact) mass is 353 g/mol. The van der Waals surface area contributed by atoms with Crippen molar-refractivity contribution in [3.8, 4) is 5.75 Å². The summed E-state index contributed by atoms with van der Waals surface area (Å²) in [5, 5.41) is 11.2. The quantitative estimate of drug-likeness (QED) is 0.908. The third kappa shape index (κ3) is 3.19. The Morgan fingerprint density at radius 3 is 2.79 bits per heavy atom. The topological polar surface area (TPSA) is 59.0 Å². The molecule has 2 aliphatic rings. The number of rotatable bonds is 3. The summed E-state index contributed by atoms with van der Waals surface area (Å²) in [6.07, 6.45) is 2.46. The van der Waals surface area contributed by atoms with Crippen molar-refractivity contribution < 1.29 is 19.4 Å². The second kappa shape index (κ2) is 7.02. The Labute approximate surface area is 147 Å². The Kier molecular flexibility index (Phi) is 5.18. The van der Waals surface area contributed by atoms with Gasteiger partial charge in [0, 0.05) is 37.1 Å². The first-order valence-electron chi connectivity index (χ1n) is 8.69. The molecule has 0 unspecified atom stereocenters. The van der Waals surface area contributed by atoms with Gasteiger partial charge in [-0.05, 0) is 38.2 Å². The molecule has 0 radical (unpaired) electrons. The molecule has 0 spiro atoms. The minimum absolute atomic E-state index is 0.0193. The highest BCUT2D eigenvalue weighted by Gasteiger charge is 2.46. The molecular weight excluding hydrogens is 326 g/mol. The lowest BCUT2D eigenvalue weighted by Gasteiger charge is -2.48. The highest BCUT2D eigenvalue weighted by Crippen LogP contribution is 2.40. The first kappa shape index (κ1) is 17.7.